The fourth-order valence-corrected chi connectivity index (χ4v) is 11.0. The van der Waals surface area contributed by atoms with Crippen molar-refractivity contribution in [2.24, 2.45) is 0 Å². The number of aliphatic hydroxyl groups is 2. The van der Waals surface area contributed by atoms with E-state index in [0.29, 0.717) is 25.9 Å². The fourth-order valence-electron chi connectivity index (χ4n) is 11.0. The Morgan fingerprint density at radius 3 is 0.836 bits per heavy atom. The van der Waals surface area contributed by atoms with Crippen LogP contribution in [0.1, 0.15) is 393 Å². The molecule has 0 saturated heterocycles. The average Bonchev–Trinajstić information content (AvgIpc) is 3.39. The molecular weight excluding hydrogens is 899 g/mol. The van der Waals surface area contributed by atoms with Gasteiger partial charge in [0.15, 0.2) is 0 Å². The van der Waals surface area contributed by atoms with E-state index in [1.165, 1.54) is 321 Å². The standard InChI is InChI=1S/C67H133NO5/c1-3-5-7-9-11-13-15-16-37-41-45-49-53-57-61-67(72)73-62-58-54-50-46-42-38-35-33-31-29-27-25-23-21-19-17-18-20-22-24-26-28-30-32-34-36-40-44-48-52-56-60-66(71)68-64(63-69)65(70)59-55-51-47-43-39-14-12-10-8-6-4-2/h64-65,69-70H,3-63H2,1-2H3,(H,68,71). The largest absolute Gasteiger partial charge is 0.466 e. The summed E-state index contributed by atoms with van der Waals surface area (Å²) in [5, 5.41) is 23.2. The van der Waals surface area contributed by atoms with Crippen molar-refractivity contribution >= 4 is 11.9 Å². The number of aliphatic hydroxyl groups excluding tert-OH is 2. The molecule has 0 aliphatic carbocycles. The number of carbonyl (C=O) groups is 2. The molecule has 0 radical (unpaired) electrons. The maximum absolute atomic E-state index is 12.5. The minimum absolute atomic E-state index is 0.0239. The first-order chi connectivity index (χ1) is 36.0. The molecule has 0 fully saturated rings. The van der Waals surface area contributed by atoms with Gasteiger partial charge in [0.05, 0.1) is 25.4 Å². The van der Waals surface area contributed by atoms with Crippen molar-refractivity contribution in [1.29, 1.82) is 0 Å². The van der Waals surface area contributed by atoms with E-state index >= 15 is 0 Å². The zero-order valence-electron chi connectivity index (χ0n) is 49.9. The maximum atomic E-state index is 12.5. The summed E-state index contributed by atoms with van der Waals surface area (Å²) in [5.74, 6) is -0.00541. The van der Waals surface area contributed by atoms with Crippen LogP contribution in [0.4, 0.5) is 0 Å². The predicted octanol–water partition coefficient (Wildman–Crippen LogP) is 21.4. The third-order valence-corrected chi connectivity index (χ3v) is 16.2. The highest BCUT2D eigenvalue weighted by Crippen LogP contribution is 2.19. The van der Waals surface area contributed by atoms with Crippen molar-refractivity contribution in [1.82, 2.24) is 5.32 Å². The minimum atomic E-state index is -0.658. The smallest absolute Gasteiger partial charge is 0.305 e. The summed E-state index contributed by atoms with van der Waals surface area (Å²) in [6.07, 6.45) is 75.8. The molecule has 0 aliphatic heterocycles. The fraction of sp³-hybridized carbons (Fsp3) is 0.970. The molecule has 0 heterocycles. The lowest BCUT2D eigenvalue weighted by Gasteiger charge is -2.22. The van der Waals surface area contributed by atoms with Crippen LogP contribution >= 0.6 is 0 Å². The molecular formula is C67H133NO5. The molecule has 6 nitrogen and oxygen atoms in total. The highest BCUT2D eigenvalue weighted by molar-refractivity contribution is 5.76. The number of carbonyl (C=O) groups excluding carboxylic acids is 2. The topological polar surface area (TPSA) is 95.9 Å². The Labute approximate surface area is 457 Å². The third-order valence-electron chi connectivity index (χ3n) is 16.2. The molecule has 73 heavy (non-hydrogen) atoms. The van der Waals surface area contributed by atoms with Gasteiger partial charge in [0, 0.05) is 12.8 Å². The molecule has 0 rings (SSSR count). The van der Waals surface area contributed by atoms with Gasteiger partial charge in [-0.2, -0.15) is 0 Å². The van der Waals surface area contributed by atoms with E-state index in [0.717, 1.165) is 38.5 Å². The number of rotatable bonds is 64. The lowest BCUT2D eigenvalue weighted by Crippen LogP contribution is -2.45. The van der Waals surface area contributed by atoms with E-state index in [1.54, 1.807) is 0 Å². The van der Waals surface area contributed by atoms with Crippen molar-refractivity contribution < 1.29 is 24.5 Å². The van der Waals surface area contributed by atoms with E-state index in [1.807, 2.05) is 0 Å². The molecule has 0 aromatic rings. The first kappa shape index (κ1) is 71.9. The highest BCUT2D eigenvalue weighted by atomic mass is 16.5. The van der Waals surface area contributed by atoms with Gasteiger partial charge in [-0.15, -0.1) is 0 Å². The number of nitrogens with one attached hydrogen (secondary N) is 1. The third kappa shape index (κ3) is 60.0. The van der Waals surface area contributed by atoms with Gasteiger partial charge in [-0.3, -0.25) is 9.59 Å². The second kappa shape index (κ2) is 63.4. The Morgan fingerprint density at radius 2 is 0.562 bits per heavy atom. The zero-order valence-corrected chi connectivity index (χ0v) is 49.9. The summed E-state index contributed by atoms with van der Waals surface area (Å²) in [5.41, 5.74) is 0. The molecule has 0 spiro atoms. The number of amides is 1. The van der Waals surface area contributed by atoms with Crippen molar-refractivity contribution in [3.63, 3.8) is 0 Å². The van der Waals surface area contributed by atoms with Gasteiger partial charge in [0.2, 0.25) is 5.91 Å². The first-order valence-corrected chi connectivity index (χ1v) is 33.8. The zero-order chi connectivity index (χ0) is 52.9. The van der Waals surface area contributed by atoms with Crippen LogP contribution in [0.3, 0.4) is 0 Å². The Balaban J connectivity index is 3.28. The Kier molecular flexibility index (Phi) is 62.4. The van der Waals surface area contributed by atoms with Gasteiger partial charge in [0.1, 0.15) is 0 Å². The van der Waals surface area contributed by atoms with Gasteiger partial charge in [0.25, 0.3) is 0 Å². The van der Waals surface area contributed by atoms with Gasteiger partial charge < -0.3 is 20.3 Å². The molecule has 0 bridgehead atoms. The van der Waals surface area contributed by atoms with Crippen molar-refractivity contribution in [3.8, 4) is 0 Å². The number of hydrogen-bond donors (Lipinski definition) is 3. The quantitative estimate of drug-likeness (QED) is 0.0417. The summed E-state index contributed by atoms with van der Waals surface area (Å²) in [7, 11) is 0. The van der Waals surface area contributed by atoms with Crippen LogP contribution in [-0.4, -0.2) is 47.4 Å². The second-order valence-corrected chi connectivity index (χ2v) is 23.5. The number of esters is 1. The normalized spacial score (nSPS) is 12.4. The molecule has 436 valence electrons. The van der Waals surface area contributed by atoms with E-state index < -0.39 is 12.1 Å². The molecule has 0 aliphatic rings. The highest BCUT2D eigenvalue weighted by Gasteiger charge is 2.20. The van der Waals surface area contributed by atoms with Crippen LogP contribution in [-0.2, 0) is 14.3 Å². The molecule has 3 N–H and O–H groups in total. The lowest BCUT2D eigenvalue weighted by atomic mass is 10.0. The molecule has 1 amide bonds. The lowest BCUT2D eigenvalue weighted by molar-refractivity contribution is -0.143. The molecule has 2 unspecified atom stereocenters. The van der Waals surface area contributed by atoms with Crippen LogP contribution in [0.5, 0.6) is 0 Å². The average molecular weight is 1030 g/mol. The second-order valence-electron chi connectivity index (χ2n) is 23.5. The van der Waals surface area contributed by atoms with E-state index in [-0.39, 0.29) is 18.5 Å². The number of ether oxygens (including phenoxy) is 1. The van der Waals surface area contributed by atoms with Gasteiger partial charge in [-0.1, -0.05) is 354 Å². The maximum Gasteiger partial charge on any atom is 0.305 e. The van der Waals surface area contributed by atoms with Crippen LogP contribution < -0.4 is 5.32 Å². The Bertz CT molecular complexity index is 1050. The van der Waals surface area contributed by atoms with Crippen LogP contribution in [0.2, 0.25) is 0 Å². The molecule has 0 aromatic heterocycles. The molecule has 0 aromatic carbocycles. The molecule has 6 heteroatoms. The van der Waals surface area contributed by atoms with Gasteiger partial charge >= 0.3 is 5.97 Å². The number of unbranched alkanes of at least 4 members (excludes halogenated alkanes) is 53. The van der Waals surface area contributed by atoms with Crippen LogP contribution in [0.15, 0.2) is 0 Å². The predicted molar refractivity (Wildman–Crippen MR) is 320 cm³/mol. The molecule has 0 saturated carbocycles. The monoisotopic (exact) mass is 1030 g/mol. The summed E-state index contributed by atoms with van der Waals surface area (Å²) < 4.78 is 5.50. The SMILES string of the molecule is CCCCCCCCCCCCCCCCC(=O)OCCCCCCCCCCCCCCCCCCCCCCCCCCCCCCCCCC(=O)NC(CO)C(O)CCCCCCCCCCCCC. The van der Waals surface area contributed by atoms with Gasteiger partial charge in [-0.25, -0.2) is 0 Å². The summed E-state index contributed by atoms with van der Waals surface area (Å²) in [4.78, 5) is 24.5. The minimum Gasteiger partial charge on any atom is -0.466 e. The van der Waals surface area contributed by atoms with Crippen LogP contribution in [0.25, 0.3) is 0 Å². The summed E-state index contributed by atoms with van der Waals surface area (Å²) >= 11 is 0. The van der Waals surface area contributed by atoms with E-state index in [4.69, 9.17) is 4.74 Å². The van der Waals surface area contributed by atoms with E-state index in [2.05, 4.69) is 19.2 Å². The summed E-state index contributed by atoms with van der Waals surface area (Å²) in [6.45, 7) is 4.98. The van der Waals surface area contributed by atoms with Crippen molar-refractivity contribution in [3.05, 3.63) is 0 Å². The van der Waals surface area contributed by atoms with Gasteiger partial charge in [-0.05, 0) is 25.7 Å². The summed E-state index contributed by atoms with van der Waals surface area (Å²) in [6, 6.07) is -0.535. The number of hydrogen-bond acceptors (Lipinski definition) is 5. The Hall–Kier alpha value is -1.14. The van der Waals surface area contributed by atoms with Crippen LogP contribution in [0, 0.1) is 0 Å². The van der Waals surface area contributed by atoms with Crippen molar-refractivity contribution in [2.45, 2.75) is 405 Å². The first-order valence-electron chi connectivity index (χ1n) is 33.8. The molecule has 2 atom stereocenters. The Morgan fingerprint density at radius 1 is 0.329 bits per heavy atom. The van der Waals surface area contributed by atoms with E-state index in [9.17, 15) is 19.8 Å². The van der Waals surface area contributed by atoms with Crippen molar-refractivity contribution in [2.75, 3.05) is 13.2 Å².